The van der Waals surface area contributed by atoms with Gasteiger partial charge in [-0.05, 0) is 66.6 Å². The Hall–Kier alpha value is -2.02. The lowest BCUT2D eigenvalue weighted by molar-refractivity contribution is -0.124. The lowest BCUT2D eigenvalue weighted by Gasteiger charge is -2.19. The monoisotopic (exact) mass is 453 g/mol. The van der Waals surface area contributed by atoms with Crippen molar-refractivity contribution in [3.05, 3.63) is 68.3 Å². The number of hydrogen-bond acceptors (Lipinski definition) is 4. The Bertz CT molecular complexity index is 973. The lowest BCUT2D eigenvalue weighted by Crippen LogP contribution is -2.36. The average Bonchev–Trinajstić information content (AvgIpc) is 2.94. The second kappa shape index (κ2) is 9.20. The summed E-state index contributed by atoms with van der Waals surface area (Å²) in [6, 6.07) is 9.07. The van der Waals surface area contributed by atoms with Crippen LogP contribution in [0.15, 0.2) is 41.3 Å². The molecule has 2 aromatic rings. The van der Waals surface area contributed by atoms with E-state index in [9.17, 15) is 14.0 Å². The van der Waals surface area contributed by atoms with Gasteiger partial charge in [0, 0.05) is 6.04 Å². The van der Waals surface area contributed by atoms with Crippen molar-refractivity contribution in [2.24, 2.45) is 0 Å². The van der Waals surface area contributed by atoms with E-state index in [1.54, 1.807) is 30.3 Å². The third-order valence-corrected chi connectivity index (χ3v) is 5.89. The van der Waals surface area contributed by atoms with Crippen LogP contribution in [0.2, 0.25) is 10.0 Å². The number of carbonyl (C=O) groups is 2. The first kappa shape index (κ1) is 21.7. The van der Waals surface area contributed by atoms with Crippen LogP contribution in [0.25, 0.3) is 6.08 Å². The molecular formula is C21H18Cl2FNO3S. The predicted octanol–water partition coefficient (Wildman–Crippen LogP) is 6.55. The number of ether oxygens (including phenoxy) is 1. The first-order valence-electron chi connectivity index (χ1n) is 8.93. The minimum atomic E-state index is -0.357. The highest BCUT2D eigenvalue weighted by molar-refractivity contribution is 8.18. The number of thioether (sulfide) groups is 1. The van der Waals surface area contributed by atoms with Crippen LogP contribution in [-0.4, -0.2) is 22.1 Å². The van der Waals surface area contributed by atoms with Gasteiger partial charge in [0.05, 0.1) is 15.0 Å². The van der Waals surface area contributed by atoms with E-state index in [0.29, 0.717) is 22.5 Å². The van der Waals surface area contributed by atoms with Gasteiger partial charge in [0.15, 0.2) is 5.75 Å². The van der Waals surface area contributed by atoms with Crippen molar-refractivity contribution in [1.82, 2.24) is 4.90 Å². The normalized spacial score (nSPS) is 16.6. The van der Waals surface area contributed by atoms with Crippen molar-refractivity contribution in [1.29, 1.82) is 0 Å². The summed E-state index contributed by atoms with van der Waals surface area (Å²) in [6.45, 7) is 3.85. The highest BCUT2D eigenvalue weighted by Gasteiger charge is 2.37. The molecule has 0 aromatic heterocycles. The molecular weight excluding hydrogens is 436 g/mol. The van der Waals surface area contributed by atoms with E-state index in [-0.39, 0.29) is 45.4 Å². The Morgan fingerprint density at radius 2 is 1.90 bits per heavy atom. The molecule has 2 amide bonds. The van der Waals surface area contributed by atoms with Gasteiger partial charge in [0.1, 0.15) is 12.4 Å². The van der Waals surface area contributed by atoms with Crippen LogP contribution >= 0.6 is 35.0 Å². The van der Waals surface area contributed by atoms with E-state index in [4.69, 9.17) is 27.9 Å². The van der Waals surface area contributed by atoms with E-state index in [0.717, 1.165) is 11.8 Å². The smallest absolute Gasteiger partial charge is 0.293 e. The van der Waals surface area contributed by atoms with E-state index in [1.165, 1.54) is 17.0 Å². The summed E-state index contributed by atoms with van der Waals surface area (Å²) in [7, 11) is 0. The summed E-state index contributed by atoms with van der Waals surface area (Å²) < 4.78 is 18.9. The summed E-state index contributed by atoms with van der Waals surface area (Å²) in [5.41, 5.74) is 1.22. The number of nitrogens with zero attached hydrogens (tertiary/aromatic N) is 1. The van der Waals surface area contributed by atoms with Crippen LogP contribution in [0.4, 0.5) is 9.18 Å². The maximum atomic E-state index is 13.3. The Morgan fingerprint density at radius 1 is 1.21 bits per heavy atom. The molecule has 0 spiro atoms. The molecule has 1 atom stereocenters. The summed E-state index contributed by atoms with van der Waals surface area (Å²) in [5, 5.41) is 0.213. The quantitative estimate of drug-likeness (QED) is 0.465. The molecule has 152 valence electrons. The zero-order valence-corrected chi connectivity index (χ0v) is 18.1. The van der Waals surface area contributed by atoms with Crippen molar-refractivity contribution < 1.29 is 18.7 Å². The van der Waals surface area contributed by atoms with Crippen LogP contribution < -0.4 is 4.74 Å². The van der Waals surface area contributed by atoms with E-state index >= 15 is 0 Å². The van der Waals surface area contributed by atoms with Gasteiger partial charge in [-0.1, -0.05) is 42.3 Å². The molecule has 0 unspecified atom stereocenters. The van der Waals surface area contributed by atoms with Gasteiger partial charge in [0.2, 0.25) is 0 Å². The Balaban J connectivity index is 1.79. The third-order valence-electron chi connectivity index (χ3n) is 4.45. The van der Waals surface area contributed by atoms with Crippen LogP contribution in [0.1, 0.15) is 31.4 Å². The number of imide groups is 1. The zero-order valence-electron chi connectivity index (χ0n) is 15.7. The van der Waals surface area contributed by atoms with Gasteiger partial charge in [-0.3, -0.25) is 14.5 Å². The first-order chi connectivity index (χ1) is 13.8. The van der Waals surface area contributed by atoms with Crippen LogP contribution in [0, 0.1) is 5.82 Å². The second-order valence-electron chi connectivity index (χ2n) is 6.54. The molecule has 2 aromatic carbocycles. The molecule has 1 fully saturated rings. The minimum absolute atomic E-state index is 0.102. The maximum absolute atomic E-state index is 13.3. The number of benzene rings is 2. The Morgan fingerprint density at radius 3 is 2.52 bits per heavy atom. The van der Waals surface area contributed by atoms with Crippen molar-refractivity contribution in [3.63, 3.8) is 0 Å². The molecule has 0 bridgehead atoms. The molecule has 0 radical (unpaired) electrons. The molecule has 0 saturated carbocycles. The summed E-state index contributed by atoms with van der Waals surface area (Å²) in [4.78, 5) is 26.3. The largest absolute Gasteiger partial charge is 0.486 e. The molecule has 3 rings (SSSR count). The maximum Gasteiger partial charge on any atom is 0.293 e. The van der Waals surface area contributed by atoms with Gasteiger partial charge in [-0.25, -0.2) is 4.39 Å². The van der Waals surface area contributed by atoms with E-state index in [1.807, 2.05) is 13.8 Å². The molecule has 1 aliphatic heterocycles. The topological polar surface area (TPSA) is 46.6 Å². The molecule has 1 heterocycles. The van der Waals surface area contributed by atoms with Crippen molar-refractivity contribution >= 4 is 52.2 Å². The average molecular weight is 454 g/mol. The minimum Gasteiger partial charge on any atom is -0.486 e. The number of amides is 2. The van der Waals surface area contributed by atoms with Crippen molar-refractivity contribution in [2.75, 3.05) is 0 Å². The highest BCUT2D eigenvalue weighted by atomic mass is 35.5. The molecule has 8 heteroatoms. The number of rotatable bonds is 6. The summed E-state index contributed by atoms with van der Waals surface area (Å²) >= 11 is 13.5. The van der Waals surface area contributed by atoms with Gasteiger partial charge < -0.3 is 4.74 Å². The number of hydrogen-bond donors (Lipinski definition) is 0. The fourth-order valence-electron chi connectivity index (χ4n) is 2.78. The first-order valence-corrected chi connectivity index (χ1v) is 10.5. The van der Waals surface area contributed by atoms with E-state index in [2.05, 4.69) is 0 Å². The second-order valence-corrected chi connectivity index (χ2v) is 8.35. The third kappa shape index (κ3) is 4.94. The molecule has 4 nitrogen and oxygen atoms in total. The molecule has 1 saturated heterocycles. The van der Waals surface area contributed by atoms with Gasteiger partial charge in [-0.2, -0.15) is 0 Å². The molecule has 0 N–H and O–H groups in total. The fraction of sp³-hybridized carbons (Fsp3) is 0.238. The predicted molar refractivity (Wildman–Crippen MR) is 115 cm³/mol. The number of halogens is 3. The molecule has 1 aliphatic rings. The lowest BCUT2D eigenvalue weighted by atomic mass is 10.2. The zero-order chi connectivity index (χ0) is 21.1. The Labute approximate surface area is 182 Å². The Kier molecular flexibility index (Phi) is 6.88. The van der Waals surface area contributed by atoms with Crippen LogP contribution in [0.3, 0.4) is 0 Å². The fourth-order valence-corrected chi connectivity index (χ4v) is 4.32. The standard InChI is InChI=1S/C21H18Cl2FNO3S/c1-3-12(2)25-20(26)18(29-21(25)27)10-14-8-16(22)19(17(23)9-14)28-11-13-5-4-6-15(24)7-13/h4-10,12H,3,11H2,1-2H3/b18-10+/t12-/m0/s1. The van der Waals surface area contributed by atoms with Gasteiger partial charge in [-0.15, -0.1) is 0 Å². The van der Waals surface area contributed by atoms with Crippen LogP contribution in [0.5, 0.6) is 5.75 Å². The highest BCUT2D eigenvalue weighted by Crippen LogP contribution is 2.38. The molecule has 29 heavy (non-hydrogen) atoms. The van der Waals surface area contributed by atoms with E-state index < -0.39 is 0 Å². The molecule has 0 aliphatic carbocycles. The number of carbonyl (C=O) groups excluding carboxylic acids is 2. The van der Waals surface area contributed by atoms with Crippen molar-refractivity contribution in [2.45, 2.75) is 32.9 Å². The van der Waals surface area contributed by atoms with Crippen LogP contribution in [-0.2, 0) is 11.4 Å². The van der Waals surface area contributed by atoms with Crippen molar-refractivity contribution in [3.8, 4) is 5.75 Å². The summed E-state index contributed by atoms with van der Waals surface area (Å²) in [5.74, 6) is -0.416. The van der Waals surface area contributed by atoms with Gasteiger partial charge in [0.25, 0.3) is 11.1 Å². The SMILES string of the molecule is CC[C@H](C)N1C(=O)S/C(=C/c2cc(Cl)c(OCc3cccc(F)c3)c(Cl)c2)C1=O. The van der Waals surface area contributed by atoms with Gasteiger partial charge >= 0.3 is 0 Å². The summed E-state index contributed by atoms with van der Waals surface area (Å²) in [6.07, 6.45) is 2.27.